The molecule has 0 amide bonds. The summed E-state index contributed by atoms with van der Waals surface area (Å²) in [6.45, 7) is 6.58. The van der Waals surface area contributed by atoms with Gasteiger partial charge in [0.15, 0.2) is 0 Å². The van der Waals surface area contributed by atoms with E-state index >= 15 is 0 Å². The Morgan fingerprint density at radius 1 is 1.21 bits per heavy atom. The number of hydrogen-bond acceptors (Lipinski definition) is 5. The van der Waals surface area contributed by atoms with E-state index in [0.717, 1.165) is 72.1 Å². The maximum atomic E-state index is 6.68. The number of hydrogen-bond donors (Lipinski definition) is 3. The molecule has 1 atom stereocenters. The first-order chi connectivity index (χ1) is 13.6. The lowest BCUT2D eigenvalue weighted by Crippen LogP contribution is -2.48. The van der Waals surface area contributed by atoms with Gasteiger partial charge in [-0.2, -0.15) is 0 Å². The van der Waals surface area contributed by atoms with Gasteiger partial charge in [-0.25, -0.2) is 0 Å². The van der Waals surface area contributed by atoms with Gasteiger partial charge in [-0.1, -0.05) is 37.4 Å². The minimum Gasteiger partial charge on any atom is -0.459 e. The Kier molecular flexibility index (Phi) is 4.77. The number of benzene rings is 1. The number of ether oxygens (including phenoxy) is 1. The van der Waals surface area contributed by atoms with Gasteiger partial charge in [-0.05, 0) is 37.8 Å². The summed E-state index contributed by atoms with van der Waals surface area (Å²) < 4.78 is 12.1. The molecule has 1 unspecified atom stereocenters. The average Bonchev–Trinajstić information content (AvgIpc) is 3.32. The second-order valence-corrected chi connectivity index (χ2v) is 8.78. The maximum absolute atomic E-state index is 6.68. The summed E-state index contributed by atoms with van der Waals surface area (Å²) >= 11 is 6.68. The van der Waals surface area contributed by atoms with Crippen molar-refractivity contribution in [3.63, 3.8) is 0 Å². The fourth-order valence-electron chi connectivity index (χ4n) is 5.09. The molecule has 28 heavy (non-hydrogen) atoms. The number of rotatable bonds is 4. The van der Waals surface area contributed by atoms with Crippen LogP contribution in [0.1, 0.15) is 56.3 Å². The lowest BCUT2D eigenvalue weighted by molar-refractivity contribution is 0.109. The van der Waals surface area contributed by atoms with E-state index < -0.39 is 0 Å². The molecule has 3 heterocycles. The molecule has 1 aromatic heterocycles. The zero-order chi connectivity index (χ0) is 19.1. The highest BCUT2D eigenvalue weighted by molar-refractivity contribution is 6.34. The first kappa shape index (κ1) is 18.3. The van der Waals surface area contributed by atoms with Crippen LogP contribution in [0.3, 0.4) is 0 Å². The fourth-order valence-corrected chi connectivity index (χ4v) is 5.35. The van der Waals surface area contributed by atoms with E-state index in [1.807, 2.05) is 6.07 Å². The van der Waals surface area contributed by atoms with Gasteiger partial charge < -0.3 is 25.1 Å². The molecule has 3 aliphatic rings. The summed E-state index contributed by atoms with van der Waals surface area (Å²) in [5.41, 5.74) is 2.93. The van der Waals surface area contributed by atoms with E-state index in [1.54, 1.807) is 0 Å². The van der Waals surface area contributed by atoms with Gasteiger partial charge in [-0.3, -0.25) is 0 Å². The van der Waals surface area contributed by atoms with E-state index in [4.69, 9.17) is 20.8 Å². The zero-order valence-corrected chi connectivity index (χ0v) is 17.0. The fraction of sp³-hybridized carbons (Fsp3) is 0.545. The van der Waals surface area contributed by atoms with Gasteiger partial charge in [0.25, 0.3) is 0 Å². The monoisotopic (exact) mass is 401 g/mol. The maximum Gasteiger partial charge on any atom is 0.142 e. The van der Waals surface area contributed by atoms with Crippen LogP contribution in [0.4, 0.5) is 5.69 Å². The summed E-state index contributed by atoms with van der Waals surface area (Å²) in [5.74, 6) is 1.76. The Balaban J connectivity index is 1.49. The van der Waals surface area contributed by atoms with E-state index in [0.29, 0.717) is 12.6 Å². The quantitative estimate of drug-likeness (QED) is 0.673. The Morgan fingerprint density at radius 2 is 2.07 bits per heavy atom. The standard InChI is InChI=1S/C22H28ClN3O2/c1-14-25-20-18(23)11-15-10-17(13-24-12-16-6-5-9-27-16)28-21(15)19(20)22(26-14)7-3-2-4-8-22/h10-11,16,24-26H,1-9,12-13H2. The van der Waals surface area contributed by atoms with Gasteiger partial charge in [-0.15, -0.1) is 0 Å². The molecule has 3 N–H and O–H groups in total. The first-order valence-electron chi connectivity index (χ1n) is 10.5. The van der Waals surface area contributed by atoms with Crippen molar-refractivity contribution in [1.29, 1.82) is 0 Å². The van der Waals surface area contributed by atoms with E-state index in [9.17, 15) is 0 Å². The van der Waals surface area contributed by atoms with Gasteiger partial charge >= 0.3 is 0 Å². The minimum atomic E-state index is -0.140. The van der Waals surface area contributed by atoms with Gasteiger partial charge in [0.2, 0.25) is 0 Å². The molecular weight excluding hydrogens is 374 g/mol. The summed E-state index contributed by atoms with van der Waals surface area (Å²) in [6, 6.07) is 4.12. The molecular formula is C22H28ClN3O2. The predicted molar refractivity (Wildman–Crippen MR) is 113 cm³/mol. The van der Waals surface area contributed by atoms with Crippen molar-refractivity contribution in [2.45, 2.75) is 63.1 Å². The summed E-state index contributed by atoms with van der Waals surface area (Å²) in [6.07, 6.45) is 8.45. The number of nitrogens with one attached hydrogen (secondary N) is 3. The largest absolute Gasteiger partial charge is 0.459 e. The van der Waals surface area contributed by atoms with Crippen molar-refractivity contribution in [2.24, 2.45) is 0 Å². The van der Waals surface area contributed by atoms with Gasteiger partial charge in [0.05, 0.1) is 34.7 Å². The lowest BCUT2D eigenvalue weighted by atomic mass is 9.74. The van der Waals surface area contributed by atoms with Crippen LogP contribution in [0.5, 0.6) is 0 Å². The second kappa shape index (κ2) is 7.29. The first-order valence-corrected chi connectivity index (χ1v) is 10.8. The third kappa shape index (κ3) is 3.19. The minimum absolute atomic E-state index is 0.140. The normalized spacial score (nSPS) is 23.6. The van der Waals surface area contributed by atoms with Crippen LogP contribution < -0.4 is 16.0 Å². The van der Waals surface area contributed by atoms with Crippen LogP contribution >= 0.6 is 11.6 Å². The highest BCUT2D eigenvalue weighted by Crippen LogP contribution is 2.49. The van der Waals surface area contributed by atoms with Crippen molar-refractivity contribution in [3.05, 3.63) is 40.9 Å². The molecule has 2 aromatic rings. The van der Waals surface area contributed by atoms with E-state index in [-0.39, 0.29) is 5.54 Å². The molecule has 1 spiro atoms. The molecule has 6 heteroatoms. The Labute approximate surface area is 170 Å². The van der Waals surface area contributed by atoms with Crippen molar-refractivity contribution in [3.8, 4) is 0 Å². The molecule has 1 aliphatic carbocycles. The van der Waals surface area contributed by atoms with E-state index in [1.165, 1.54) is 24.8 Å². The highest BCUT2D eigenvalue weighted by Gasteiger charge is 2.42. The topological polar surface area (TPSA) is 58.5 Å². The number of anilines is 1. The molecule has 2 aliphatic heterocycles. The molecule has 2 fully saturated rings. The van der Waals surface area contributed by atoms with Crippen LogP contribution in [0.25, 0.3) is 11.0 Å². The summed E-state index contributed by atoms with van der Waals surface area (Å²) in [4.78, 5) is 0. The molecule has 1 saturated carbocycles. The van der Waals surface area contributed by atoms with E-state index in [2.05, 4.69) is 28.6 Å². The van der Waals surface area contributed by atoms with Gasteiger partial charge in [0, 0.05) is 24.1 Å². The smallest absolute Gasteiger partial charge is 0.142 e. The second-order valence-electron chi connectivity index (χ2n) is 8.38. The highest BCUT2D eigenvalue weighted by atomic mass is 35.5. The van der Waals surface area contributed by atoms with Crippen molar-refractivity contribution in [2.75, 3.05) is 18.5 Å². The van der Waals surface area contributed by atoms with Crippen molar-refractivity contribution >= 4 is 28.3 Å². The molecule has 5 rings (SSSR count). The van der Waals surface area contributed by atoms with Crippen LogP contribution in [0, 0.1) is 0 Å². The molecule has 1 aromatic carbocycles. The number of fused-ring (bicyclic) bond motifs is 4. The molecule has 0 bridgehead atoms. The third-order valence-corrected chi connectivity index (χ3v) is 6.65. The van der Waals surface area contributed by atoms with Crippen molar-refractivity contribution in [1.82, 2.24) is 10.6 Å². The Morgan fingerprint density at radius 3 is 2.86 bits per heavy atom. The Bertz CT molecular complexity index is 895. The number of furan rings is 1. The molecule has 1 saturated heterocycles. The lowest BCUT2D eigenvalue weighted by Gasteiger charge is -2.44. The van der Waals surface area contributed by atoms with Gasteiger partial charge in [0.1, 0.15) is 11.3 Å². The molecule has 0 radical (unpaired) electrons. The Hall–Kier alpha value is -1.69. The number of halogens is 1. The molecule has 5 nitrogen and oxygen atoms in total. The average molecular weight is 402 g/mol. The van der Waals surface area contributed by atoms with Crippen LogP contribution in [0.2, 0.25) is 5.02 Å². The van der Waals surface area contributed by atoms with Crippen LogP contribution in [-0.4, -0.2) is 19.3 Å². The van der Waals surface area contributed by atoms with Crippen LogP contribution in [0.15, 0.2) is 28.9 Å². The summed E-state index contributed by atoms with van der Waals surface area (Å²) in [5, 5.41) is 12.3. The molecule has 150 valence electrons. The zero-order valence-electron chi connectivity index (χ0n) is 16.2. The summed E-state index contributed by atoms with van der Waals surface area (Å²) in [7, 11) is 0. The predicted octanol–water partition coefficient (Wildman–Crippen LogP) is 5.00. The third-order valence-electron chi connectivity index (χ3n) is 6.36. The van der Waals surface area contributed by atoms with Crippen molar-refractivity contribution < 1.29 is 9.15 Å². The SMILES string of the molecule is C=C1Nc2c(Cl)cc3cc(CNCC4CCCO4)oc3c2C2(CCCCC2)N1. The van der Waals surface area contributed by atoms with Crippen LogP contribution in [-0.2, 0) is 16.8 Å².